The minimum Gasteiger partial charge on any atom is -0.457 e. The van der Waals surface area contributed by atoms with Crippen LogP contribution >= 0.6 is 7.82 Å². The number of nitrogens with zero attached hydrogens (tertiary/aromatic N) is 1. The molecule has 230 valence electrons. The van der Waals surface area contributed by atoms with Gasteiger partial charge in [0, 0.05) is 30.1 Å². The van der Waals surface area contributed by atoms with Gasteiger partial charge in [0.05, 0.1) is 16.8 Å². The number of halogens is 4. The van der Waals surface area contributed by atoms with Gasteiger partial charge in [-0.15, -0.1) is 0 Å². The zero-order valence-electron chi connectivity index (χ0n) is 24.5. The number of benzene rings is 2. The van der Waals surface area contributed by atoms with Gasteiger partial charge in [-0.1, -0.05) is 0 Å². The van der Waals surface area contributed by atoms with Gasteiger partial charge in [-0.2, -0.15) is 13.2 Å². The molecule has 2 aromatic carbocycles. The highest BCUT2D eigenvalue weighted by molar-refractivity contribution is 7.48. The number of hydrogen-bond acceptors (Lipinski definition) is 7. The van der Waals surface area contributed by atoms with E-state index >= 15 is 0 Å². The fourth-order valence-corrected chi connectivity index (χ4v) is 5.39. The summed E-state index contributed by atoms with van der Waals surface area (Å²) < 4.78 is 90.6. The second-order valence-corrected chi connectivity index (χ2v) is 13.0. The molecule has 1 N–H and O–H groups in total. The summed E-state index contributed by atoms with van der Waals surface area (Å²) in [5.74, 6) is -0.0656. The lowest BCUT2D eigenvalue weighted by atomic mass is 10.1. The van der Waals surface area contributed by atoms with E-state index in [1.54, 1.807) is 48.5 Å². The Morgan fingerprint density at radius 2 is 1.50 bits per heavy atom. The maximum Gasteiger partial charge on any atom is 0.477 e. The van der Waals surface area contributed by atoms with Crippen LogP contribution in [0.25, 0.3) is 0 Å². The molecule has 3 aromatic rings. The Kier molecular flexibility index (Phi) is 9.99. The molecule has 1 aromatic heterocycles. The van der Waals surface area contributed by atoms with Gasteiger partial charge in [0.1, 0.15) is 24.0 Å². The summed E-state index contributed by atoms with van der Waals surface area (Å²) in [4.78, 5) is 12.8. The summed E-state index contributed by atoms with van der Waals surface area (Å²) in [6.07, 6.45) is -3.22. The van der Waals surface area contributed by atoms with Gasteiger partial charge in [-0.3, -0.25) is 22.9 Å². The van der Waals surface area contributed by atoms with Gasteiger partial charge in [-0.25, -0.2) is 8.96 Å². The molecular formula is C29H35F4N2O6P. The largest absolute Gasteiger partial charge is 0.477 e. The highest BCUT2D eigenvalue weighted by Gasteiger charge is 2.37. The summed E-state index contributed by atoms with van der Waals surface area (Å²) in [7, 11) is -4.07. The molecule has 0 unspecified atom stereocenters. The Labute approximate surface area is 242 Å². The molecule has 13 heteroatoms. The minimum absolute atomic E-state index is 0.125. The molecule has 1 heterocycles. The quantitative estimate of drug-likeness (QED) is 0.181. The molecule has 0 spiro atoms. The number of nitrogens with one attached hydrogen (secondary N) is 1. The number of alkyl halides is 3. The number of phosphoric acid groups is 1. The normalized spacial score (nSPS) is 12.8. The molecule has 0 radical (unpaired) electrons. The smallest absolute Gasteiger partial charge is 0.457 e. The molecule has 0 atom stereocenters. The van der Waals surface area contributed by atoms with E-state index in [-0.39, 0.29) is 23.6 Å². The molecule has 8 nitrogen and oxygen atoms in total. The van der Waals surface area contributed by atoms with Gasteiger partial charge >= 0.3 is 14.0 Å². The topological polar surface area (TPSA) is 88.0 Å². The van der Waals surface area contributed by atoms with E-state index in [9.17, 15) is 26.9 Å². The first-order valence-electron chi connectivity index (χ1n) is 13.0. The third-order valence-electron chi connectivity index (χ3n) is 5.35. The molecule has 0 aliphatic carbocycles. The van der Waals surface area contributed by atoms with Crippen molar-refractivity contribution in [3.8, 4) is 11.5 Å². The molecule has 0 aliphatic rings. The van der Waals surface area contributed by atoms with Crippen molar-refractivity contribution in [3.05, 3.63) is 87.6 Å². The number of anilines is 1. The third-order valence-corrected chi connectivity index (χ3v) is 7.32. The van der Waals surface area contributed by atoms with E-state index in [4.69, 9.17) is 18.3 Å². The summed E-state index contributed by atoms with van der Waals surface area (Å²) in [6, 6.07) is 9.56. The second kappa shape index (κ2) is 12.6. The van der Waals surface area contributed by atoms with Crippen LogP contribution in [-0.4, -0.2) is 15.8 Å². The van der Waals surface area contributed by atoms with E-state index in [1.165, 1.54) is 42.6 Å². The highest BCUT2D eigenvalue weighted by atomic mass is 31.2. The maximum atomic E-state index is 13.5. The number of hydrogen-bond donors (Lipinski definition) is 1. The molecular weight excluding hydrogens is 579 g/mol. The van der Waals surface area contributed by atoms with E-state index in [2.05, 4.69) is 5.32 Å². The van der Waals surface area contributed by atoms with Crippen molar-refractivity contribution in [2.24, 2.45) is 0 Å². The van der Waals surface area contributed by atoms with Gasteiger partial charge in [0.2, 0.25) is 0 Å². The van der Waals surface area contributed by atoms with Crippen molar-refractivity contribution >= 4 is 13.5 Å². The first-order chi connectivity index (χ1) is 19.2. The predicted octanol–water partition coefficient (Wildman–Crippen LogP) is 8.43. The standard InChI is InChI=1S/C29H35F4N2O6P/c1-19-14-22(30)9-11-24(19)39-25-10-8-21(29(31,32)33)15-20(25)17-34-23-12-13-35(26(36)16-23)18-38-42(37,40-27(2,3)4)41-28(5,6)7/h8-16,34H,17-18H2,1-7H3. The van der Waals surface area contributed by atoms with Crippen LogP contribution in [0.4, 0.5) is 23.2 Å². The first-order valence-corrected chi connectivity index (χ1v) is 14.4. The van der Waals surface area contributed by atoms with Crippen LogP contribution < -0.4 is 15.6 Å². The molecule has 0 amide bonds. The van der Waals surface area contributed by atoms with E-state index in [0.29, 0.717) is 11.3 Å². The lowest BCUT2D eigenvalue weighted by Crippen LogP contribution is -2.26. The summed E-state index contributed by atoms with van der Waals surface area (Å²) in [6.45, 7) is 11.1. The Morgan fingerprint density at radius 1 is 0.881 bits per heavy atom. The van der Waals surface area contributed by atoms with Crippen LogP contribution in [-0.2, 0) is 37.6 Å². The van der Waals surface area contributed by atoms with Crippen LogP contribution in [0.1, 0.15) is 58.2 Å². The summed E-state index contributed by atoms with van der Waals surface area (Å²) >= 11 is 0. The molecule has 0 saturated heterocycles. The fourth-order valence-electron chi connectivity index (χ4n) is 3.64. The Hall–Kier alpha value is -3.18. The molecule has 0 aliphatic heterocycles. The molecule has 0 bridgehead atoms. The third kappa shape index (κ3) is 9.97. The van der Waals surface area contributed by atoms with E-state index in [0.717, 1.165) is 16.7 Å². The van der Waals surface area contributed by atoms with Gasteiger partial charge < -0.3 is 10.1 Å². The second-order valence-electron chi connectivity index (χ2n) is 11.5. The van der Waals surface area contributed by atoms with Gasteiger partial charge in [0.25, 0.3) is 5.56 Å². The Morgan fingerprint density at radius 3 is 2.05 bits per heavy atom. The fraction of sp³-hybridized carbons (Fsp3) is 0.414. The van der Waals surface area contributed by atoms with Crippen molar-refractivity contribution in [1.82, 2.24) is 4.57 Å². The molecule has 0 saturated carbocycles. The number of aryl methyl sites for hydroxylation is 1. The lowest BCUT2D eigenvalue weighted by Gasteiger charge is -2.30. The number of pyridine rings is 1. The minimum atomic E-state index is -4.59. The van der Waals surface area contributed by atoms with Crippen molar-refractivity contribution in [2.45, 2.75) is 79.1 Å². The lowest BCUT2D eigenvalue weighted by molar-refractivity contribution is -0.137. The van der Waals surface area contributed by atoms with Crippen molar-refractivity contribution in [3.63, 3.8) is 0 Å². The van der Waals surface area contributed by atoms with Crippen molar-refractivity contribution in [2.75, 3.05) is 5.32 Å². The van der Waals surface area contributed by atoms with E-state index < -0.39 is 48.9 Å². The van der Waals surface area contributed by atoms with Crippen molar-refractivity contribution in [1.29, 1.82) is 0 Å². The van der Waals surface area contributed by atoms with Gasteiger partial charge in [0.15, 0.2) is 0 Å². The first kappa shape index (κ1) is 33.3. The Balaban J connectivity index is 1.79. The molecule has 42 heavy (non-hydrogen) atoms. The SMILES string of the molecule is Cc1cc(F)ccc1Oc1ccc(C(F)(F)F)cc1CNc1ccn(COP(=O)(OC(C)(C)C)OC(C)(C)C)c(=O)c1. The van der Waals surface area contributed by atoms with Crippen LogP contribution in [0, 0.1) is 12.7 Å². The predicted molar refractivity (Wildman–Crippen MR) is 151 cm³/mol. The zero-order valence-corrected chi connectivity index (χ0v) is 25.4. The number of phosphoric ester groups is 1. The number of aromatic nitrogens is 1. The number of ether oxygens (including phenoxy) is 1. The maximum absolute atomic E-state index is 13.5. The van der Waals surface area contributed by atoms with Crippen molar-refractivity contribution < 1.29 is 40.4 Å². The highest BCUT2D eigenvalue weighted by Crippen LogP contribution is 2.55. The summed E-state index contributed by atoms with van der Waals surface area (Å²) in [5.41, 5.74) is -2.22. The Bertz CT molecular complexity index is 1490. The van der Waals surface area contributed by atoms with Crippen LogP contribution in [0.5, 0.6) is 11.5 Å². The van der Waals surface area contributed by atoms with E-state index in [1.807, 2.05) is 0 Å². The van der Waals surface area contributed by atoms with Crippen LogP contribution in [0.3, 0.4) is 0 Å². The monoisotopic (exact) mass is 614 g/mol. The average molecular weight is 615 g/mol. The van der Waals surface area contributed by atoms with Crippen LogP contribution in [0.15, 0.2) is 59.5 Å². The molecule has 3 rings (SSSR count). The summed E-state index contributed by atoms with van der Waals surface area (Å²) in [5, 5.41) is 2.93. The number of rotatable bonds is 10. The van der Waals surface area contributed by atoms with Crippen LogP contribution in [0.2, 0.25) is 0 Å². The average Bonchev–Trinajstić information content (AvgIpc) is 2.81. The zero-order chi connectivity index (χ0) is 31.5. The molecule has 0 fully saturated rings. The van der Waals surface area contributed by atoms with Gasteiger partial charge in [-0.05, 0) is 96.5 Å².